The summed E-state index contributed by atoms with van der Waals surface area (Å²) in [6.45, 7) is 11.5. The number of rotatable bonds is 8. The van der Waals surface area contributed by atoms with Crippen molar-refractivity contribution in [1.29, 1.82) is 0 Å². The second-order valence-corrected chi connectivity index (χ2v) is 6.26. The highest BCUT2D eigenvalue weighted by Crippen LogP contribution is 2.16. The Labute approximate surface area is 129 Å². The topological polar surface area (TPSA) is 41.1 Å². The molecule has 0 aliphatic heterocycles. The summed E-state index contributed by atoms with van der Waals surface area (Å²) in [5, 5.41) is 6.38. The van der Waals surface area contributed by atoms with E-state index < -0.39 is 0 Å². The summed E-state index contributed by atoms with van der Waals surface area (Å²) in [6.07, 6.45) is 3.42. The third-order valence-corrected chi connectivity index (χ3v) is 3.65. The molecule has 0 saturated heterocycles. The van der Waals surface area contributed by atoms with Gasteiger partial charge in [0.15, 0.2) is 0 Å². The zero-order chi connectivity index (χ0) is 15.8. The van der Waals surface area contributed by atoms with Crippen LogP contribution in [-0.2, 0) is 0 Å². The van der Waals surface area contributed by atoms with E-state index in [9.17, 15) is 4.79 Å². The van der Waals surface area contributed by atoms with Crippen LogP contribution in [0.2, 0.25) is 0 Å². The van der Waals surface area contributed by atoms with Gasteiger partial charge < -0.3 is 10.6 Å². The quantitative estimate of drug-likeness (QED) is 0.746. The van der Waals surface area contributed by atoms with E-state index >= 15 is 0 Å². The molecule has 3 nitrogen and oxygen atoms in total. The molecule has 1 rings (SSSR count). The lowest BCUT2D eigenvalue weighted by Crippen LogP contribution is -2.32. The fraction of sp³-hybridized carbons (Fsp3) is 0.611. The predicted octanol–water partition coefficient (Wildman–Crippen LogP) is 4.37. The maximum Gasteiger partial charge on any atom is 0.251 e. The second kappa shape index (κ2) is 8.71. The summed E-state index contributed by atoms with van der Waals surface area (Å²) >= 11 is 0. The lowest BCUT2D eigenvalue weighted by molar-refractivity contribution is 0.0937. The summed E-state index contributed by atoms with van der Waals surface area (Å²) in [5.74, 6) is 0.757. The average molecular weight is 290 g/mol. The van der Waals surface area contributed by atoms with Crippen molar-refractivity contribution in [2.45, 2.75) is 59.9 Å². The van der Waals surface area contributed by atoms with Crippen LogP contribution in [0.3, 0.4) is 0 Å². The molecule has 0 fully saturated rings. The molecule has 0 aliphatic carbocycles. The molecule has 0 bridgehead atoms. The van der Waals surface area contributed by atoms with Crippen molar-refractivity contribution in [3.05, 3.63) is 29.3 Å². The van der Waals surface area contributed by atoms with Crippen molar-refractivity contribution in [3.8, 4) is 0 Å². The van der Waals surface area contributed by atoms with Gasteiger partial charge >= 0.3 is 0 Å². The van der Waals surface area contributed by atoms with E-state index in [2.05, 4.69) is 38.3 Å². The van der Waals surface area contributed by atoms with Gasteiger partial charge in [0, 0.05) is 23.8 Å². The van der Waals surface area contributed by atoms with Crippen LogP contribution in [0, 0.1) is 12.8 Å². The van der Waals surface area contributed by atoms with Crippen LogP contribution in [0.4, 0.5) is 5.69 Å². The van der Waals surface area contributed by atoms with Crippen LogP contribution in [0.1, 0.15) is 62.9 Å². The molecular formula is C18H30N2O. The Bertz CT molecular complexity index is 455. The Morgan fingerprint density at radius 2 is 1.90 bits per heavy atom. The van der Waals surface area contributed by atoms with Crippen molar-refractivity contribution in [2.24, 2.45) is 5.92 Å². The van der Waals surface area contributed by atoms with Gasteiger partial charge in [-0.15, -0.1) is 0 Å². The Hall–Kier alpha value is -1.51. The van der Waals surface area contributed by atoms with Gasteiger partial charge in [-0.25, -0.2) is 0 Å². The number of hydrogen-bond acceptors (Lipinski definition) is 2. The van der Waals surface area contributed by atoms with Crippen molar-refractivity contribution in [1.82, 2.24) is 5.32 Å². The van der Waals surface area contributed by atoms with Crippen molar-refractivity contribution < 1.29 is 4.79 Å². The van der Waals surface area contributed by atoms with Crippen molar-refractivity contribution >= 4 is 11.6 Å². The van der Waals surface area contributed by atoms with E-state index in [1.165, 1.54) is 6.42 Å². The zero-order valence-corrected chi connectivity index (χ0v) is 14.1. The van der Waals surface area contributed by atoms with Crippen LogP contribution in [0.25, 0.3) is 0 Å². The highest BCUT2D eigenvalue weighted by Gasteiger charge is 2.11. The van der Waals surface area contributed by atoms with E-state index in [0.29, 0.717) is 0 Å². The van der Waals surface area contributed by atoms with E-state index in [1.54, 1.807) is 0 Å². The molecule has 0 aromatic heterocycles. The third kappa shape index (κ3) is 6.19. The first-order valence-corrected chi connectivity index (χ1v) is 8.09. The van der Waals surface area contributed by atoms with E-state index in [-0.39, 0.29) is 11.9 Å². The fourth-order valence-electron chi connectivity index (χ4n) is 2.41. The molecule has 1 amide bonds. The van der Waals surface area contributed by atoms with Crippen LogP contribution in [0.15, 0.2) is 18.2 Å². The minimum Gasteiger partial charge on any atom is -0.385 e. The molecule has 1 atom stereocenters. The van der Waals surface area contributed by atoms with E-state index in [4.69, 9.17) is 0 Å². The molecular weight excluding hydrogens is 260 g/mol. The minimum atomic E-state index is 0.0261. The SMILES string of the molecule is CCNc1ccc(C(=O)NC(C)CCCC(C)C)cc1C. The summed E-state index contributed by atoms with van der Waals surface area (Å²) in [5.41, 5.74) is 2.95. The van der Waals surface area contributed by atoms with Gasteiger partial charge in [0.25, 0.3) is 5.91 Å². The number of aryl methyl sites for hydroxylation is 1. The second-order valence-electron chi connectivity index (χ2n) is 6.26. The summed E-state index contributed by atoms with van der Waals surface area (Å²) in [4.78, 5) is 12.2. The largest absolute Gasteiger partial charge is 0.385 e. The highest BCUT2D eigenvalue weighted by atomic mass is 16.1. The highest BCUT2D eigenvalue weighted by molar-refractivity contribution is 5.95. The molecule has 0 saturated carbocycles. The molecule has 0 heterocycles. The van der Waals surface area contributed by atoms with Gasteiger partial charge in [-0.05, 0) is 56.9 Å². The van der Waals surface area contributed by atoms with Gasteiger partial charge in [0.2, 0.25) is 0 Å². The van der Waals surface area contributed by atoms with Crippen LogP contribution in [-0.4, -0.2) is 18.5 Å². The molecule has 0 spiro atoms. The van der Waals surface area contributed by atoms with Gasteiger partial charge in [0.1, 0.15) is 0 Å². The summed E-state index contributed by atoms with van der Waals surface area (Å²) < 4.78 is 0. The molecule has 2 N–H and O–H groups in total. The molecule has 0 aliphatic rings. The first kappa shape index (κ1) is 17.5. The normalized spacial score (nSPS) is 12.3. The number of amides is 1. The average Bonchev–Trinajstić information content (AvgIpc) is 2.40. The lowest BCUT2D eigenvalue weighted by Gasteiger charge is -2.15. The maximum atomic E-state index is 12.2. The van der Waals surface area contributed by atoms with Crippen LogP contribution >= 0.6 is 0 Å². The number of anilines is 1. The maximum absolute atomic E-state index is 12.2. The molecule has 3 heteroatoms. The standard InChI is InChI=1S/C18H30N2O/c1-6-19-17-11-10-16(12-14(17)4)18(21)20-15(5)9-7-8-13(2)3/h10-13,15,19H,6-9H2,1-5H3,(H,20,21). The zero-order valence-electron chi connectivity index (χ0n) is 14.1. The predicted molar refractivity (Wildman–Crippen MR) is 91.0 cm³/mol. The van der Waals surface area contributed by atoms with Crippen LogP contribution in [0.5, 0.6) is 0 Å². The van der Waals surface area contributed by atoms with Gasteiger partial charge in [-0.1, -0.05) is 26.7 Å². The summed E-state index contributed by atoms with van der Waals surface area (Å²) in [7, 11) is 0. The molecule has 1 unspecified atom stereocenters. The number of carbonyl (C=O) groups excluding carboxylic acids is 1. The van der Waals surface area contributed by atoms with Crippen LogP contribution < -0.4 is 10.6 Å². The number of hydrogen-bond donors (Lipinski definition) is 2. The Kier molecular flexibility index (Phi) is 7.27. The fourth-order valence-corrected chi connectivity index (χ4v) is 2.41. The molecule has 1 aromatic rings. The summed E-state index contributed by atoms with van der Waals surface area (Å²) in [6, 6.07) is 6.05. The molecule has 21 heavy (non-hydrogen) atoms. The molecule has 118 valence electrons. The van der Waals surface area contributed by atoms with Gasteiger partial charge in [-0.2, -0.15) is 0 Å². The van der Waals surface area contributed by atoms with Crippen molar-refractivity contribution in [2.75, 3.05) is 11.9 Å². The Balaban J connectivity index is 2.53. The lowest BCUT2D eigenvalue weighted by atomic mass is 10.0. The van der Waals surface area contributed by atoms with Gasteiger partial charge in [0.05, 0.1) is 0 Å². The van der Waals surface area contributed by atoms with E-state index in [1.807, 2.05) is 25.1 Å². The number of nitrogens with one attached hydrogen (secondary N) is 2. The van der Waals surface area contributed by atoms with Crippen molar-refractivity contribution in [3.63, 3.8) is 0 Å². The third-order valence-electron chi connectivity index (χ3n) is 3.65. The molecule has 0 radical (unpaired) electrons. The Morgan fingerprint density at radius 1 is 1.19 bits per heavy atom. The first-order valence-electron chi connectivity index (χ1n) is 8.09. The molecule has 1 aromatic carbocycles. The first-order chi connectivity index (χ1) is 9.93. The van der Waals surface area contributed by atoms with Gasteiger partial charge in [-0.3, -0.25) is 4.79 Å². The number of benzene rings is 1. The number of carbonyl (C=O) groups is 1. The smallest absolute Gasteiger partial charge is 0.251 e. The monoisotopic (exact) mass is 290 g/mol. The Morgan fingerprint density at radius 3 is 2.48 bits per heavy atom. The van der Waals surface area contributed by atoms with E-state index in [0.717, 1.165) is 42.1 Å². The minimum absolute atomic E-state index is 0.0261.